The third-order valence-electron chi connectivity index (χ3n) is 4.07. The highest BCUT2D eigenvalue weighted by atomic mass is 16.6. The van der Waals surface area contributed by atoms with Gasteiger partial charge in [-0.05, 0) is 6.07 Å². The molecule has 0 aliphatic heterocycles. The molecule has 142 valence electrons. The van der Waals surface area contributed by atoms with Crippen molar-refractivity contribution < 1.29 is 23.6 Å². The average Bonchev–Trinajstić information content (AvgIpc) is 3.02. The van der Waals surface area contributed by atoms with Crippen LogP contribution in [0.2, 0.25) is 0 Å². The highest BCUT2D eigenvalue weighted by Gasteiger charge is 2.16. The van der Waals surface area contributed by atoms with Crippen molar-refractivity contribution in [1.82, 2.24) is 0 Å². The standard InChI is InChI=1S/C19H15N3O6/c1-20(17-11-15(22(26)27)7-9-18(17)23)12-16-8-10-19(28(16)2)13-3-5-14(6-4-13)21(24)25/h3-12,23H,1-2H2. The number of non-ortho nitro benzene ring substituents is 2. The van der Waals surface area contributed by atoms with E-state index in [0.717, 1.165) is 0 Å². The predicted octanol–water partition coefficient (Wildman–Crippen LogP) is 4.35. The summed E-state index contributed by atoms with van der Waals surface area (Å²) in [6.07, 6.45) is 0. The van der Waals surface area contributed by atoms with Crippen molar-refractivity contribution in [2.45, 2.75) is 0 Å². The van der Waals surface area contributed by atoms with E-state index >= 15 is 0 Å². The van der Waals surface area contributed by atoms with Crippen molar-refractivity contribution in [3.05, 3.63) is 94.2 Å². The molecule has 0 aliphatic carbocycles. The van der Waals surface area contributed by atoms with Gasteiger partial charge in [0, 0.05) is 29.8 Å². The maximum absolute atomic E-state index is 10.9. The predicted molar refractivity (Wildman–Crippen MR) is 101 cm³/mol. The molecule has 9 heteroatoms. The molecule has 0 saturated heterocycles. The Bertz CT molecular complexity index is 1090. The molecular weight excluding hydrogens is 366 g/mol. The minimum absolute atomic E-state index is 0.0206. The van der Waals surface area contributed by atoms with E-state index < -0.39 is 9.85 Å². The maximum Gasteiger partial charge on any atom is 0.269 e. The Hall–Kier alpha value is -4.27. The highest BCUT2D eigenvalue weighted by molar-refractivity contribution is 5.60. The summed E-state index contributed by atoms with van der Waals surface area (Å²) < 4.78 is 3.81. The van der Waals surface area contributed by atoms with Gasteiger partial charge in [0.25, 0.3) is 11.4 Å². The van der Waals surface area contributed by atoms with Crippen molar-refractivity contribution in [2.24, 2.45) is 0 Å². The number of benzene rings is 2. The van der Waals surface area contributed by atoms with Crippen LogP contribution in [0.4, 0.5) is 17.1 Å². The molecular formula is C19H15N3O6. The molecule has 2 aromatic carbocycles. The van der Waals surface area contributed by atoms with Gasteiger partial charge in [-0.15, -0.1) is 0 Å². The molecule has 0 spiro atoms. The topological polar surface area (TPSA) is 112 Å². The summed E-state index contributed by atoms with van der Waals surface area (Å²) >= 11 is 0. The van der Waals surface area contributed by atoms with Crippen LogP contribution >= 0.6 is 0 Å². The Morgan fingerprint density at radius 2 is 1.57 bits per heavy atom. The van der Waals surface area contributed by atoms with E-state index in [9.17, 15) is 25.3 Å². The third kappa shape index (κ3) is 3.49. The van der Waals surface area contributed by atoms with Crippen molar-refractivity contribution in [2.75, 3.05) is 0 Å². The van der Waals surface area contributed by atoms with Crippen LogP contribution in [0, 0.1) is 33.9 Å². The van der Waals surface area contributed by atoms with E-state index in [0.29, 0.717) is 17.1 Å². The number of nitro groups is 2. The lowest BCUT2D eigenvalue weighted by atomic mass is 10.1. The zero-order chi connectivity index (χ0) is 20.4. The van der Waals surface area contributed by atoms with Crippen molar-refractivity contribution in [1.29, 1.82) is 0 Å². The summed E-state index contributed by atoms with van der Waals surface area (Å²) in [4.78, 5) is 20.7. The van der Waals surface area contributed by atoms with Crippen LogP contribution in [-0.2, 0) is 0 Å². The molecule has 28 heavy (non-hydrogen) atoms. The first-order chi connectivity index (χ1) is 13.3. The third-order valence-corrected chi connectivity index (χ3v) is 4.07. The van der Waals surface area contributed by atoms with Gasteiger partial charge in [0.05, 0.1) is 23.7 Å². The van der Waals surface area contributed by atoms with Gasteiger partial charge in [0.2, 0.25) is 0 Å². The molecule has 1 aromatic heterocycles. The van der Waals surface area contributed by atoms with E-state index in [1.807, 2.05) is 0 Å². The summed E-state index contributed by atoms with van der Waals surface area (Å²) in [6, 6.07) is 13.0. The molecule has 0 atom stereocenters. The molecule has 0 saturated carbocycles. The molecule has 0 bridgehead atoms. The summed E-state index contributed by atoms with van der Waals surface area (Å²) in [7, 11) is 3.87. The first-order valence-electron chi connectivity index (χ1n) is 7.90. The zero-order valence-corrected chi connectivity index (χ0v) is 14.5. The fraction of sp³-hybridized carbons (Fsp3) is 0. The van der Waals surface area contributed by atoms with Crippen LogP contribution in [0.5, 0.6) is 5.75 Å². The monoisotopic (exact) mass is 381 g/mol. The smallest absolute Gasteiger partial charge is 0.269 e. The van der Waals surface area contributed by atoms with Gasteiger partial charge >= 0.3 is 0 Å². The molecule has 3 rings (SSSR count). The van der Waals surface area contributed by atoms with Crippen molar-refractivity contribution in [3.8, 4) is 17.1 Å². The molecule has 0 aliphatic rings. The van der Waals surface area contributed by atoms with Crippen LogP contribution in [0.1, 0.15) is 5.76 Å². The van der Waals surface area contributed by atoms with E-state index in [4.69, 9.17) is 0 Å². The molecule has 0 unspecified atom stereocenters. The van der Waals surface area contributed by atoms with E-state index in [1.54, 1.807) is 24.3 Å². The Morgan fingerprint density at radius 1 is 0.964 bits per heavy atom. The van der Waals surface area contributed by atoms with Crippen LogP contribution in [0.25, 0.3) is 11.3 Å². The first kappa shape index (κ1) is 18.5. The number of phenols is 1. The Balaban J connectivity index is 1.86. The van der Waals surface area contributed by atoms with Crippen molar-refractivity contribution in [3.63, 3.8) is 0 Å². The quantitative estimate of drug-likeness (QED) is 0.170. The Morgan fingerprint density at radius 3 is 2.18 bits per heavy atom. The van der Waals surface area contributed by atoms with Gasteiger partial charge in [-0.3, -0.25) is 24.8 Å². The number of hydrogen-bond acceptors (Lipinski definition) is 5. The zero-order valence-electron chi connectivity index (χ0n) is 14.5. The minimum atomic E-state index is -0.567. The first-order valence-corrected chi connectivity index (χ1v) is 7.90. The minimum Gasteiger partial charge on any atom is -0.673 e. The molecule has 3 aromatic rings. The van der Waals surface area contributed by atoms with E-state index in [1.165, 1.54) is 41.5 Å². The SMILES string of the molecule is C=[N+]([CH-]c1ccc(-c2ccc([N+](=O)[O-])cc2)[o+]1[CH2-])c1cc([N+](=O)[O-])ccc1O. The molecule has 1 heterocycles. The number of aromatic hydroxyl groups is 1. The molecule has 1 N–H and O–H groups in total. The van der Waals surface area contributed by atoms with Crippen molar-refractivity contribution >= 4 is 23.8 Å². The lowest BCUT2D eigenvalue weighted by molar-refractivity contribution is -0.393. The van der Waals surface area contributed by atoms with Gasteiger partial charge in [-0.1, -0.05) is 24.3 Å². The second-order valence-corrected chi connectivity index (χ2v) is 5.82. The van der Waals surface area contributed by atoms with Gasteiger partial charge in [0.15, 0.2) is 11.4 Å². The van der Waals surface area contributed by atoms with Gasteiger partial charge in [0.1, 0.15) is 18.1 Å². The lowest BCUT2D eigenvalue weighted by Gasteiger charge is -2.16. The molecule has 0 radical (unpaired) electrons. The number of furan rings is 1. The maximum atomic E-state index is 10.9. The van der Waals surface area contributed by atoms with Crippen LogP contribution in [-0.4, -0.2) is 26.2 Å². The van der Waals surface area contributed by atoms with Gasteiger partial charge in [-0.2, -0.15) is 0 Å². The lowest BCUT2D eigenvalue weighted by Crippen LogP contribution is -2.01. The summed E-state index contributed by atoms with van der Waals surface area (Å²) in [5.74, 6) is 0.978. The number of phenolic OH excluding ortho intramolecular Hbond substituents is 1. The Labute approximate surface area is 159 Å². The van der Waals surface area contributed by atoms with Gasteiger partial charge < -0.3 is 9.15 Å². The molecule has 9 nitrogen and oxygen atoms in total. The average molecular weight is 381 g/mol. The number of hydrogen-bond donors (Lipinski definition) is 1. The highest BCUT2D eigenvalue weighted by Crippen LogP contribution is 2.34. The number of nitro benzene ring substituents is 2. The van der Waals surface area contributed by atoms with E-state index in [2.05, 4.69) is 17.9 Å². The van der Waals surface area contributed by atoms with Gasteiger partial charge in [-0.25, -0.2) is 0 Å². The van der Waals surface area contributed by atoms with Crippen LogP contribution in [0.15, 0.2) is 58.6 Å². The van der Waals surface area contributed by atoms with E-state index in [-0.39, 0.29) is 22.8 Å². The number of nitrogens with zero attached hydrogens (tertiary/aromatic N) is 3. The Kier molecular flexibility index (Phi) is 4.73. The fourth-order valence-corrected chi connectivity index (χ4v) is 2.62. The molecule has 0 fully saturated rings. The summed E-state index contributed by atoms with van der Waals surface area (Å²) in [6.45, 7) is 5.30. The summed E-state index contributed by atoms with van der Waals surface area (Å²) in [5.41, 5.74) is 0.638. The second kappa shape index (κ2) is 7.16. The molecule has 0 amide bonds. The van der Waals surface area contributed by atoms with Crippen LogP contribution in [0.3, 0.4) is 0 Å². The second-order valence-electron chi connectivity index (χ2n) is 5.82. The number of rotatable bonds is 6. The normalized spacial score (nSPS) is 10.4. The summed E-state index contributed by atoms with van der Waals surface area (Å²) in [5, 5.41) is 31.7. The van der Waals surface area contributed by atoms with Crippen LogP contribution < -0.4 is 0 Å². The fourth-order valence-electron chi connectivity index (χ4n) is 2.62. The largest absolute Gasteiger partial charge is 0.673 e.